The van der Waals surface area contributed by atoms with Gasteiger partial charge in [-0.3, -0.25) is 4.79 Å². The fourth-order valence-electron chi connectivity index (χ4n) is 2.37. The number of carbonyl (C=O) groups is 1. The molecule has 0 saturated heterocycles. The summed E-state index contributed by atoms with van der Waals surface area (Å²) in [5, 5.41) is 5.68. The van der Waals surface area contributed by atoms with Crippen molar-refractivity contribution in [1.82, 2.24) is 10.2 Å². The van der Waals surface area contributed by atoms with E-state index in [1.54, 1.807) is 24.1 Å². The van der Waals surface area contributed by atoms with Gasteiger partial charge in [-0.1, -0.05) is 18.2 Å². The summed E-state index contributed by atoms with van der Waals surface area (Å²) in [7, 11) is 1.80. The molecule has 26 heavy (non-hydrogen) atoms. The lowest BCUT2D eigenvalue weighted by Crippen LogP contribution is -2.39. The highest BCUT2D eigenvalue weighted by molar-refractivity contribution is 5.94. The Labute approximate surface area is 151 Å². The highest BCUT2D eigenvalue weighted by Crippen LogP contribution is 2.09. The molecule has 0 aliphatic carbocycles. The Morgan fingerprint density at radius 3 is 2.46 bits per heavy atom. The number of nitrogens with one attached hydrogen (secondary N) is 2. The smallest absolute Gasteiger partial charge is 0.246 e. The fraction of sp³-hybridized carbons (Fsp3) is 0.263. The Hall–Kier alpha value is -2.96. The maximum Gasteiger partial charge on any atom is 0.246 e. The maximum absolute atomic E-state index is 13.3. The molecular weight excluding hydrogens is 338 g/mol. The van der Waals surface area contributed by atoms with Crippen LogP contribution >= 0.6 is 0 Å². The van der Waals surface area contributed by atoms with Crippen LogP contribution in [0.4, 0.5) is 14.5 Å². The molecule has 0 aliphatic rings. The molecule has 2 rings (SSSR count). The van der Waals surface area contributed by atoms with E-state index in [0.29, 0.717) is 24.7 Å². The van der Waals surface area contributed by atoms with Crippen molar-refractivity contribution in [3.8, 4) is 0 Å². The van der Waals surface area contributed by atoms with Crippen LogP contribution in [0, 0.1) is 11.6 Å². The molecule has 2 aromatic carbocycles. The van der Waals surface area contributed by atoms with Crippen molar-refractivity contribution in [3.05, 3.63) is 65.7 Å². The van der Waals surface area contributed by atoms with Gasteiger partial charge in [0.15, 0.2) is 5.96 Å². The monoisotopic (exact) mass is 360 g/mol. The van der Waals surface area contributed by atoms with Crippen LogP contribution in [0.3, 0.4) is 0 Å². The van der Waals surface area contributed by atoms with E-state index in [1.807, 2.05) is 13.0 Å². The average molecular weight is 360 g/mol. The van der Waals surface area contributed by atoms with Crippen LogP contribution in [0.25, 0.3) is 0 Å². The first-order valence-electron chi connectivity index (χ1n) is 8.27. The van der Waals surface area contributed by atoms with Gasteiger partial charge in [0.05, 0.1) is 0 Å². The third-order valence-electron chi connectivity index (χ3n) is 3.49. The Morgan fingerprint density at radius 2 is 1.81 bits per heavy atom. The van der Waals surface area contributed by atoms with Crippen LogP contribution in [0.5, 0.6) is 0 Å². The summed E-state index contributed by atoms with van der Waals surface area (Å²) < 4.78 is 26.5. The molecule has 0 aromatic heterocycles. The zero-order valence-electron chi connectivity index (χ0n) is 14.8. The first-order chi connectivity index (χ1) is 12.5. The standard InChI is InChI=1S/C19H22F2N4O/c1-3-22-19(25(2)13-14-6-4-7-15(20)10-14)23-12-18(26)24-17-9-5-8-16(21)11-17/h4-11H,3,12-13H2,1-2H3,(H,22,23)(H,24,26). The number of amides is 1. The van der Waals surface area contributed by atoms with Gasteiger partial charge in [-0.25, -0.2) is 13.8 Å². The molecule has 0 bridgehead atoms. The van der Waals surface area contributed by atoms with Crippen LogP contribution in [-0.4, -0.2) is 36.9 Å². The van der Waals surface area contributed by atoms with Crippen LogP contribution in [0.15, 0.2) is 53.5 Å². The second-order valence-corrected chi connectivity index (χ2v) is 5.71. The van der Waals surface area contributed by atoms with Crippen molar-refractivity contribution in [3.63, 3.8) is 0 Å². The minimum absolute atomic E-state index is 0.119. The zero-order valence-corrected chi connectivity index (χ0v) is 14.8. The van der Waals surface area contributed by atoms with Gasteiger partial charge >= 0.3 is 0 Å². The maximum atomic E-state index is 13.3. The number of rotatable bonds is 6. The van der Waals surface area contributed by atoms with E-state index in [4.69, 9.17) is 0 Å². The van der Waals surface area contributed by atoms with Crippen molar-refractivity contribution in [2.75, 3.05) is 25.5 Å². The lowest BCUT2D eigenvalue weighted by atomic mass is 10.2. The molecule has 0 aliphatic heterocycles. The van der Waals surface area contributed by atoms with Crippen molar-refractivity contribution >= 4 is 17.6 Å². The molecule has 7 heteroatoms. The summed E-state index contributed by atoms with van der Waals surface area (Å²) >= 11 is 0. The quantitative estimate of drug-likeness (QED) is 0.615. The number of anilines is 1. The van der Waals surface area contributed by atoms with Gasteiger partial charge in [0, 0.05) is 25.8 Å². The molecule has 1 amide bonds. The van der Waals surface area contributed by atoms with Crippen LogP contribution in [-0.2, 0) is 11.3 Å². The third-order valence-corrected chi connectivity index (χ3v) is 3.49. The molecular formula is C19H22F2N4O. The van der Waals surface area contributed by atoms with Gasteiger partial charge in [0.1, 0.15) is 18.2 Å². The Balaban J connectivity index is 1.99. The molecule has 0 fully saturated rings. The summed E-state index contributed by atoms with van der Waals surface area (Å²) in [6, 6.07) is 12.0. The first-order valence-corrected chi connectivity index (χ1v) is 8.27. The normalized spacial score (nSPS) is 11.2. The number of halogens is 2. The largest absolute Gasteiger partial charge is 0.357 e. The van der Waals surface area contributed by atoms with Gasteiger partial charge in [0.25, 0.3) is 0 Å². The lowest BCUT2D eigenvalue weighted by molar-refractivity contribution is -0.114. The second-order valence-electron chi connectivity index (χ2n) is 5.71. The van der Waals surface area contributed by atoms with Gasteiger partial charge in [-0.05, 0) is 42.8 Å². The fourth-order valence-corrected chi connectivity index (χ4v) is 2.37. The van der Waals surface area contributed by atoms with E-state index >= 15 is 0 Å². The summed E-state index contributed by atoms with van der Waals surface area (Å²) in [5.74, 6) is -0.557. The van der Waals surface area contributed by atoms with E-state index in [9.17, 15) is 13.6 Å². The van der Waals surface area contributed by atoms with Crippen LogP contribution < -0.4 is 10.6 Å². The molecule has 138 valence electrons. The van der Waals surface area contributed by atoms with Gasteiger partial charge in [-0.15, -0.1) is 0 Å². The third kappa shape index (κ3) is 6.16. The molecule has 5 nitrogen and oxygen atoms in total. The van der Waals surface area contributed by atoms with Crippen molar-refractivity contribution < 1.29 is 13.6 Å². The molecule has 2 N–H and O–H groups in total. The first kappa shape index (κ1) is 19.4. The van der Waals surface area contributed by atoms with E-state index in [1.165, 1.54) is 30.3 Å². The average Bonchev–Trinajstić information content (AvgIpc) is 2.58. The minimum Gasteiger partial charge on any atom is -0.357 e. The highest BCUT2D eigenvalue weighted by Gasteiger charge is 2.09. The number of aliphatic imine (C=N–C) groups is 1. The van der Waals surface area contributed by atoms with E-state index in [0.717, 1.165) is 5.56 Å². The molecule has 0 heterocycles. The van der Waals surface area contributed by atoms with Crippen molar-refractivity contribution in [2.24, 2.45) is 4.99 Å². The summed E-state index contributed by atoms with van der Waals surface area (Å²) in [4.78, 5) is 18.1. The molecule has 0 unspecified atom stereocenters. The van der Waals surface area contributed by atoms with Crippen molar-refractivity contribution in [1.29, 1.82) is 0 Å². The SMILES string of the molecule is CCNC(=NCC(=O)Nc1cccc(F)c1)N(C)Cc1cccc(F)c1. The van der Waals surface area contributed by atoms with E-state index in [2.05, 4.69) is 15.6 Å². The summed E-state index contributed by atoms with van der Waals surface area (Å²) in [6.45, 7) is 2.86. The molecule has 0 radical (unpaired) electrons. The van der Waals surface area contributed by atoms with Crippen LogP contribution in [0.2, 0.25) is 0 Å². The number of guanidine groups is 1. The second kappa shape index (κ2) is 9.50. The molecule has 0 spiro atoms. The summed E-state index contributed by atoms with van der Waals surface area (Å²) in [5.41, 5.74) is 1.17. The number of nitrogens with zero attached hydrogens (tertiary/aromatic N) is 2. The highest BCUT2D eigenvalue weighted by atomic mass is 19.1. The van der Waals surface area contributed by atoms with Crippen LogP contribution in [0.1, 0.15) is 12.5 Å². The molecule has 0 atom stereocenters. The Kier molecular flexibility index (Phi) is 7.08. The minimum atomic E-state index is -0.422. The summed E-state index contributed by atoms with van der Waals surface area (Å²) in [6.07, 6.45) is 0. The number of carbonyl (C=O) groups excluding carboxylic acids is 1. The van der Waals surface area contributed by atoms with E-state index in [-0.39, 0.29) is 18.3 Å². The van der Waals surface area contributed by atoms with Crippen molar-refractivity contribution in [2.45, 2.75) is 13.5 Å². The van der Waals surface area contributed by atoms with Gasteiger partial charge < -0.3 is 15.5 Å². The van der Waals surface area contributed by atoms with Gasteiger partial charge in [-0.2, -0.15) is 0 Å². The predicted octanol–water partition coefficient (Wildman–Crippen LogP) is 3.00. The number of benzene rings is 2. The zero-order chi connectivity index (χ0) is 18.9. The number of hydrogen-bond donors (Lipinski definition) is 2. The predicted molar refractivity (Wildman–Crippen MR) is 98.9 cm³/mol. The Bertz CT molecular complexity index is 780. The number of hydrogen-bond acceptors (Lipinski definition) is 2. The van der Waals surface area contributed by atoms with Gasteiger partial charge in [0.2, 0.25) is 5.91 Å². The Morgan fingerprint density at radius 1 is 1.12 bits per heavy atom. The molecule has 2 aromatic rings. The lowest BCUT2D eigenvalue weighted by Gasteiger charge is -2.22. The molecule has 0 saturated carbocycles. The topological polar surface area (TPSA) is 56.7 Å². The van der Waals surface area contributed by atoms with E-state index < -0.39 is 5.82 Å².